The molecule has 0 aromatic carbocycles. The number of nitrogens with one attached hydrogen (secondary N) is 1. The molecule has 2 aromatic heterocycles. The fourth-order valence-corrected chi connectivity index (χ4v) is 2.13. The zero-order chi connectivity index (χ0) is 15.1. The minimum absolute atomic E-state index is 0.194. The smallest absolute Gasteiger partial charge is 0.257 e. The molecule has 0 saturated heterocycles. The Morgan fingerprint density at radius 1 is 1.29 bits per heavy atom. The van der Waals surface area contributed by atoms with Crippen molar-refractivity contribution < 1.29 is 0 Å². The number of unbranched alkanes of at least 4 members (excludes halogenated alkanes) is 1. The van der Waals surface area contributed by atoms with Gasteiger partial charge in [0.2, 0.25) is 11.9 Å². The van der Waals surface area contributed by atoms with Crippen LogP contribution in [0.15, 0.2) is 18.5 Å². The van der Waals surface area contributed by atoms with Crippen molar-refractivity contribution in [1.82, 2.24) is 24.7 Å². The van der Waals surface area contributed by atoms with Crippen LogP contribution in [-0.4, -0.2) is 31.3 Å². The van der Waals surface area contributed by atoms with Crippen LogP contribution in [0.25, 0.3) is 5.95 Å². The number of nitrogens with two attached hydrogens (primary N) is 1. The van der Waals surface area contributed by atoms with Crippen molar-refractivity contribution >= 4 is 11.9 Å². The number of nitrogens with zero attached hydrogens (tertiary/aromatic N) is 5. The Labute approximate surface area is 125 Å². The van der Waals surface area contributed by atoms with Crippen molar-refractivity contribution in [2.75, 3.05) is 17.6 Å². The molecule has 1 atom stereocenters. The zero-order valence-corrected chi connectivity index (χ0v) is 12.7. The number of nitrogen functional groups attached to an aromatic ring is 1. The molecule has 2 heterocycles. The third-order valence-electron chi connectivity index (χ3n) is 3.44. The number of rotatable bonds is 8. The van der Waals surface area contributed by atoms with Gasteiger partial charge in [-0.3, -0.25) is 0 Å². The molecule has 2 aromatic rings. The summed E-state index contributed by atoms with van der Waals surface area (Å²) in [5.74, 6) is 1.75. The van der Waals surface area contributed by atoms with Gasteiger partial charge >= 0.3 is 0 Å². The Bertz CT molecular complexity index is 538. The van der Waals surface area contributed by atoms with E-state index in [9.17, 15) is 0 Å². The maximum atomic E-state index is 5.74. The molecule has 0 spiro atoms. The Morgan fingerprint density at radius 3 is 2.81 bits per heavy atom. The summed E-state index contributed by atoms with van der Waals surface area (Å²) in [6, 6.07) is 1.81. The van der Waals surface area contributed by atoms with Gasteiger partial charge in [0.1, 0.15) is 0 Å². The Hall–Kier alpha value is -2.18. The summed E-state index contributed by atoms with van der Waals surface area (Å²) in [6.45, 7) is 5.26. The second kappa shape index (κ2) is 7.56. The van der Waals surface area contributed by atoms with Crippen LogP contribution in [0.4, 0.5) is 11.9 Å². The summed E-state index contributed by atoms with van der Waals surface area (Å²) in [5.41, 5.74) is 5.74. The second-order valence-electron chi connectivity index (χ2n) is 5.07. The first kappa shape index (κ1) is 15.2. The monoisotopic (exact) mass is 289 g/mol. The summed E-state index contributed by atoms with van der Waals surface area (Å²) < 4.78 is 1.57. The summed E-state index contributed by atoms with van der Waals surface area (Å²) in [4.78, 5) is 12.6. The first-order valence-corrected chi connectivity index (χ1v) is 7.48. The van der Waals surface area contributed by atoms with E-state index in [1.807, 2.05) is 6.07 Å². The predicted molar refractivity (Wildman–Crippen MR) is 83.2 cm³/mol. The summed E-state index contributed by atoms with van der Waals surface area (Å²) in [6.07, 6.45) is 8.27. The van der Waals surface area contributed by atoms with Gasteiger partial charge in [-0.15, -0.1) is 0 Å². The molecular formula is C14H23N7. The van der Waals surface area contributed by atoms with Crippen LogP contribution in [0, 0.1) is 5.92 Å². The summed E-state index contributed by atoms with van der Waals surface area (Å²) in [7, 11) is 0. The fourth-order valence-electron chi connectivity index (χ4n) is 2.13. The average molecular weight is 289 g/mol. The van der Waals surface area contributed by atoms with Gasteiger partial charge in [0.25, 0.3) is 5.95 Å². The molecular weight excluding hydrogens is 266 g/mol. The highest BCUT2D eigenvalue weighted by atomic mass is 15.4. The van der Waals surface area contributed by atoms with Crippen LogP contribution < -0.4 is 11.1 Å². The van der Waals surface area contributed by atoms with Gasteiger partial charge in [0.15, 0.2) is 0 Å². The number of anilines is 2. The van der Waals surface area contributed by atoms with Gasteiger partial charge in [-0.05, 0) is 18.4 Å². The van der Waals surface area contributed by atoms with E-state index >= 15 is 0 Å². The zero-order valence-electron chi connectivity index (χ0n) is 12.7. The van der Waals surface area contributed by atoms with Gasteiger partial charge in [-0.1, -0.05) is 33.1 Å². The highest BCUT2D eigenvalue weighted by Gasteiger charge is 2.09. The average Bonchev–Trinajstić information content (AvgIpc) is 3.01. The Balaban J connectivity index is 2.03. The molecule has 0 aliphatic carbocycles. The Kier molecular flexibility index (Phi) is 5.48. The van der Waals surface area contributed by atoms with E-state index in [0.29, 0.717) is 17.8 Å². The highest BCUT2D eigenvalue weighted by molar-refractivity contribution is 5.34. The standard InChI is InChI=1S/C14H23N7/c1-3-5-7-11(4-2)10-16-13-18-12(15)19-14(20-13)21-9-6-8-17-21/h6,8-9,11H,3-5,7,10H2,1-2H3,(H3,15,16,18,19,20). The van der Waals surface area contributed by atoms with Crippen LogP contribution in [-0.2, 0) is 0 Å². The van der Waals surface area contributed by atoms with Crippen molar-refractivity contribution in [3.63, 3.8) is 0 Å². The molecule has 7 nitrogen and oxygen atoms in total. The van der Waals surface area contributed by atoms with Crippen LogP contribution in [0.3, 0.4) is 0 Å². The molecule has 0 amide bonds. The van der Waals surface area contributed by atoms with E-state index in [-0.39, 0.29) is 5.95 Å². The van der Waals surface area contributed by atoms with Crippen LogP contribution in [0.1, 0.15) is 39.5 Å². The first-order valence-electron chi connectivity index (χ1n) is 7.48. The molecule has 2 rings (SSSR count). The van der Waals surface area contributed by atoms with E-state index in [4.69, 9.17) is 5.73 Å². The minimum atomic E-state index is 0.194. The van der Waals surface area contributed by atoms with E-state index < -0.39 is 0 Å². The maximum absolute atomic E-state index is 5.74. The molecule has 0 fully saturated rings. The predicted octanol–water partition coefficient (Wildman–Crippen LogP) is 2.27. The quantitative estimate of drug-likeness (QED) is 0.774. The molecule has 0 bridgehead atoms. The topological polar surface area (TPSA) is 94.5 Å². The number of hydrogen-bond acceptors (Lipinski definition) is 6. The van der Waals surface area contributed by atoms with Gasteiger partial charge < -0.3 is 11.1 Å². The lowest BCUT2D eigenvalue weighted by molar-refractivity contribution is 0.471. The highest BCUT2D eigenvalue weighted by Crippen LogP contribution is 2.14. The fraction of sp³-hybridized carbons (Fsp3) is 0.571. The van der Waals surface area contributed by atoms with Crippen LogP contribution in [0.2, 0.25) is 0 Å². The normalized spacial score (nSPS) is 12.3. The molecule has 3 N–H and O–H groups in total. The van der Waals surface area contributed by atoms with E-state index in [2.05, 4.69) is 39.2 Å². The van der Waals surface area contributed by atoms with Crippen molar-refractivity contribution in [3.05, 3.63) is 18.5 Å². The van der Waals surface area contributed by atoms with E-state index in [1.165, 1.54) is 19.3 Å². The van der Waals surface area contributed by atoms with E-state index in [0.717, 1.165) is 13.0 Å². The van der Waals surface area contributed by atoms with Gasteiger partial charge in [-0.2, -0.15) is 20.1 Å². The largest absolute Gasteiger partial charge is 0.368 e. The third-order valence-corrected chi connectivity index (χ3v) is 3.44. The molecule has 0 saturated carbocycles. The number of hydrogen-bond donors (Lipinski definition) is 2. The van der Waals surface area contributed by atoms with Crippen molar-refractivity contribution in [3.8, 4) is 5.95 Å². The molecule has 7 heteroatoms. The molecule has 0 aliphatic heterocycles. The Morgan fingerprint density at radius 2 is 2.14 bits per heavy atom. The van der Waals surface area contributed by atoms with Crippen molar-refractivity contribution in [2.24, 2.45) is 5.92 Å². The van der Waals surface area contributed by atoms with Crippen molar-refractivity contribution in [2.45, 2.75) is 39.5 Å². The molecule has 114 valence electrons. The van der Waals surface area contributed by atoms with E-state index in [1.54, 1.807) is 17.1 Å². The summed E-state index contributed by atoms with van der Waals surface area (Å²) in [5, 5.41) is 7.37. The number of aromatic nitrogens is 5. The molecule has 21 heavy (non-hydrogen) atoms. The van der Waals surface area contributed by atoms with Crippen molar-refractivity contribution in [1.29, 1.82) is 0 Å². The van der Waals surface area contributed by atoms with Gasteiger partial charge in [-0.25, -0.2) is 4.68 Å². The van der Waals surface area contributed by atoms with Crippen LogP contribution in [0.5, 0.6) is 0 Å². The molecule has 0 radical (unpaired) electrons. The second-order valence-corrected chi connectivity index (χ2v) is 5.07. The van der Waals surface area contributed by atoms with Crippen LogP contribution >= 0.6 is 0 Å². The third kappa shape index (κ3) is 4.40. The SMILES string of the molecule is CCCCC(CC)CNc1nc(N)nc(-n2cccn2)n1. The first-order chi connectivity index (χ1) is 10.2. The maximum Gasteiger partial charge on any atom is 0.257 e. The molecule has 1 unspecified atom stereocenters. The summed E-state index contributed by atoms with van der Waals surface area (Å²) >= 11 is 0. The van der Waals surface area contributed by atoms with Gasteiger partial charge in [0.05, 0.1) is 0 Å². The lowest BCUT2D eigenvalue weighted by Gasteiger charge is -2.15. The van der Waals surface area contributed by atoms with Gasteiger partial charge in [0, 0.05) is 18.9 Å². The molecule has 0 aliphatic rings. The minimum Gasteiger partial charge on any atom is -0.368 e. The lowest BCUT2D eigenvalue weighted by Crippen LogP contribution is -2.17. The lowest BCUT2D eigenvalue weighted by atomic mass is 9.99.